The monoisotopic (exact) mass is 340 g/mol. The first-order valence-electron chi connectivity index (χ1n) is 8.63. The van der Waals surface area contributed by atoms with Crippen molar-refractivity contribution in [1.29, 1.82) is 5.26 Å². The number of hydrogen-bond donors (Lipinski definition) is 1. The fraction of sp³-hybridized carbons (Fsp3) is 0.450. The minimum Gasteiger partial charge on any atom is -0.491 e. The van der Waals surface area contributed by atoms with Crippen LogP contribution in [0.5, 0.6) is 5.75 Å². The largest absolute Gasteiger partial charge is 0.491 e. The van der Waals surface area contributed by atoms with Crippen LogP contribution in [0.2, 0.25) is 0 Å². The van der Waals surface area contributed by atoms with E-state index in [0.717, 1.165) is 17.4 Å². The maximum Gasteiger partial charge on any atom is 0.119 e. The molecule has 0 aliphatic heterocycles. The van der Waals surface area contributed by atoms with Gasteiger partial charge in [0.25, 0.3) is 0 Å². The summed E-state index contributed by atoms with van der Waals surface area (Å²) in [6.45, 7) is 3.60. The van der Waals surface area contributed by atoms with E-state index in [2.05, 4.69) is 19.1 Å². The zero-order valence-corrected chi connectivity index (χ0v) is 14.7. The molecule has 0 amide bonds. The summed E-state index contributed by atoms with van der Waals surface area (Å²) in [5, 5.41) is 18.9. The molecule has 132 valence electrons. The number of rotatable bonds is 8. The molecule has 2 aromatic rings. The normalized spacial score (nSPS) is 20.3. The van der Waals surface area contributed by atoms with Crippen molar-refractivity contribution in [1.82, 2.24) is 4.90 Å². The molecule has 25 heavy (non-hydrogen) atoms. The Labute approximate surface area is 148 Å². The van der Waals surface area contributed by atoms with Crippen molar-refractivity contribution < 1.29 is 14.3 Å². The summed E-state index contributed by atoms with van der Waals surface area (Å²) in [7, 11) is 1.95. The van der Waals surface area contributed by atoms with E-state index in [1.54, 1.807) is 24.3 Å². The molecule has 3 atom stereocenters. The van der Waals surface area contributed by atoms with E-state index >= 15 is 0 Å². The van der Waals surface area contributed by atoms with Crippen LogP contribution in [-0.4, -0.2) is 36.3 Å². The number of furan rings is 1. The van der Waals surface area contributed by atoms with Gasteiger partial charge < -0.3 is 14.3 Å². The van der Waals surface area contributed by atoms with Crippen molar-refractivity contribution in [2.45, 2.75) is 31.9 Å². The Hall–Kier alpha value is -2.29. The van der Waals surface area contributed by atoms with E-state index in [9.17, 15) is 5.11 Å². The Bertz CT molecular complexity index is 732. The molecule has 1 heterocycles. The second kappa shape index (κ2) is 7.73. The summed E-state index contributed by atoms with van der Waals surface area (Å²) in [5.74, 6) is 3.98. The highest BCUT2D eigenvalue weighted by Gasteiger charge is 2.36. The molecule has 0 spiro atoms. The van der Waals surface area contributed by atoms with E-state index in [1.807, 2.05) is 18.0 Å². The minimum absolute atomic E-state index is 0.208. The third-order valence-corrected chi connectivity index (χ3v) is 4.53. The molecule has 1 aliphatic rings. The summed E-state index contributed by atoms with van der Waals surface area (Å²) in [6, 6.07) is 13.0. The number of nitriles is 1. The van der Waals surface area contributed by atoms with Crippen LogP contribution in [0.1, 0.15) is 36.3 Å². The number of aliphatic hydroxyl groups is 1. The highest BCUT2D eigenvalue weighted by Crippen LogP contribution is 2.47. The molecule has 5 nitrogen and oxygen atoms in total. The number of aliphatic hydroxyl groups excluding tert-OH is 1. The lowest BCUT2D eigenvalue weighted by molar-refractivity contribution is 0.0724. The lowest BCUT2D eigenvalue weighted by atomic mass is 10.2. The maximum atomic E-state index is 10.1. The zero-order valence-electron chi connectivity index (χ0n) is 14.7. The van der Waals surface area contributed by atoms with Crippen LogP contribution in [0.25, 0.3) is 0 Å². The lowest BCUT2D eigenvalue weighted by Crippen LogP contribution is -2.32. The fourth-order valence-electron chi connectivity index (χ4n) is 2.96. The van der Waals surface area contributed by atoms with Crippen molar-refractivity contribution in [3.8, 4) is 11.8 Å². The fourth-order valence-corrected chi connectivity index (χ4v) is 2.96. The Morgan fingerprint density at radius 2 is 2.04 bits per heavy atom. The highest BCUT2D eigenvalue weighted by molar-refractivity contribution is 5.34. The number of nitrogens with zero attached hydrogens (tertiary/aromatic N) is 2. The molecule has 1 saturated carbocycles. The van der Waals surface area contributed by atoms with Crippen molar-refractivity contribution in [2.75, 3.05) is 20.2 Å². The number of likely N-dealkylation sites (N-methyl/N-ethyl adjacent to an activating group) is 1. The van der Waals surface area contributed by atoms with Crippen LogP contribution < -0.4 is 4.74 Å². The Morgan fingerprint density at radius 1 is 1.32 bits per heavy atom. The van der Waals surface area contributed by atoms with Crippen LogP contribution >= 0.6 is 0 Å². The smallest absolute Gasteiger partial charge is 0.119 e. The van der Waals surface area contributed by atoms with Gasteiger partial charge in [0.15, 0.2) is 0 Å². The quantitative estimate of drug-likeness (QED) is 0.799. The van der Waals surface area contributed by atoms with Crippen LogP contribution in [-0.2, 0) is 6.54 Å². The zero-order chi connectivity index (χ0) is 17.8. The summed E-state index contributed by atoms with van der Waals surface area (Å²) in [4.78, 5) is 2.02. The van der Waals surface area contributed by atoms with Gasteiger partial charge in [-0.15, -0.1) is 0 Å². The van der Waals surface area contributed by atoms with Crippen molar-refractivity contribution >= 4 is 0 Å². The van der Waals surface area contributed by atoms with Gasteiger partial charge in [0.05, 0.1) is 18.2 Å². The molecule has 3 rings (SSSR count). The summed E-state index contributed by atoms with van der Waals surface area (Å²) in [6.07, 6.45) is 0.618. The minimum atomic E-state index is -0.599. The average Bonchev–Trinajstić information content (AvgIpc) is 3.15. The Balaban J connectivity index is 1.41. The number of ether oxygens (including phenoxy) is 1. The second-order valence-electron chi connectivity index (χ2n) is 6.92. The van der Waals surface area contributed by atoms with Gasteiger partial charge in [-0.3, -0.25) is 4.90 Å². The summed E-state index contributed by atoms with van der Waals surface area (Å²) < 4.78 is 11.5. The van der Waals surface area contributed by atoms with Crippen LogP contribution in [0, 0.1) is 17.2 Å². The van der Waals surface area contributed by atoms with E-state index in [4.69, 9.17) is 14.4 Å². The molecular formula is C20H24N2O3. The highest BCUT2D eigenvalue weighted by atomic mass is 16.5. The van der Waals surface area contributed by atoms with Gasteiger partial charge in [0, 0.05) is 12.5 Å². The van der Waals surface area contributed by atoms with E-state index in [0.29, 0.717) is 30.3 Å². The van der Waals surface area contributed by atoms with Gasteiger partial charge >= 0.3 is 0 Å². The molecule has 0 radical (unpaired) electrons. The molecule has 1 aromatic heterocycles. The van der Waals surface area contributed by atoms with E-state index < -0.39 is 6.10 Å². The molecule has 1 aliphatic carbocycles. The molecule has 0 saturated heterocycles. The molecule has 1 fully saturated rings. The lowest BCUT2D eigenvalue weighted by Gasteiger charge is -2.19. The first-order chi connectivity index (χ1) is 12.0. The van der Waals surface area contributed by atoms with E-state index in [-0.39, 0.29) is 6.61 Å². The maximum absolute atomic E-state index is 10.1. The summed E-state index contributed by atoms with van der Waals surface area (Å²) >= 11 is 0. The third-order valence-electron chi connectivity index (χ3n) is 4.53. The van der Waals surface area contributed by atoms with Crippen molar-refractivity contribution in [2.24, 2.45) is 5.92 Å². The molecule has 3 unspecified atom stereocenters. The molecule has 1 aromatic carbocycles. The van der Waals surface area contributed by atoms with Gasteiger partial charge in [0.1, 0.15) is 30.0 Å². The Morgan fingerprint density at radius 3 is 2.68 bits per heavy atom. The standard InChI is InChI=1S/C20H24N2O3/c1-14-9-19(14)20-8-7-18(25-20)12-22(2)11-16(23)13-24-17-5-3-15(10-21)4-6-17/h3-8,14,16,19,23H,9,11-13H2,1-2H3. The molecule has 5 heteroatoms. The van der Waals surface area contributed by atoms with Gasteiger partial charge in [-0.2, -0.15) is 5.26 Å². The average molecular weight is 340 g/mol. The third kappa shape index (κ3) is 4.85. The number of hydrogen-bond acceptors (Lipinski definition) is 5. The van der Waals surface area contributed by atoms with Crippen molar-refractivity contribution in [3.05, 3.63) is 53.5 Å². The predicted octanol–water partition coefficient (Wildman–Crippen LogP) is 3.15. The SMILES string of the molecule is CC1CC1c1ccc(CN(C)CC(O)COc2ccc(C#N)cc2)o1. The first kappa shape index (κ1) is 17.5. The van der Waals surface area contributed by atoms with Crippen LogP contribution in [0.4, 0.5) is 0 Å². The van der Waals surface area contributed by atoms with Gasteiger partial charge in [-0.25, -0.2) is 0 Å². The molecular weight excluding hydrogens is 316 g/mol. The topological polar surface area (TPSA) is 69.6 Å². The van der Waals surface area contributed by atoms with Gasteiger partial charge in [0.2, 0.25) is 0 Å². The van der Waals surface area contributed by atoms with Crippen molar-refractivity contribution in [3.63, 3.8) is 0 Å². The number of benzene rings is 1. The summed E-state index contributed by atoms with van der Waals surface area (Å²) in [5.41, 5.74) is 0.589. The van der Waals surface area contributed by atoms with Crippen LogP contribution in [0.15, 0.2) is 40.8 Å². The molecule has 0 bridgehead atoms. The second-order valence-corrected chi connectivity index (χ2v) is 6.92. The predicted molar refractivity (Wildman–Crippen MR) is 94.2 cm³/mol. The van der Waals surface area contributed by atoms with Crippen LogP contribution in [0.3, 0.4) is 0 Å². The molecule has 1 N–H and O–H groups in total. The van der Waals surface area contributed by atoms with Gasteiger partial charge in [-0.05, 0) is 55.8 Å². The Kier molecular flexibility index (Phi) is 5.42. The van der Waals surface area contributed by atoms with Gasteiger partial charge in [-0.1, -0.05) is 6.92 Å². The van der Waals surface area contributed by atoms with E-state index in [1.165, 1.54) is 6.42 Å². The first-order valence-corrected chi connectivity index (χ1v) is 8.63.